The van der Waals surface area contributed by atoms with Gasteiger partial charge in [0.25, 0.3) is 0 Å². The molecule has 0 amide bonds. The van der Waals surface area contributed by atoms with Crippen LogP contribution in [0.3, 0.4) is 0 Å². The molecule has 0 aliphatic carbocycles. The van der Waals surface area contributed by atoms with Crippen molar-refractivity contribution in [3.63, 3.8) is 0 Å². The normalized spacial score (nSPS) is 12.2. The minimum Gasteiger partial charge on any atom is -0.494 e. The molecule has 0 saturated carbocycles. The van der Waals surface area contributed by atoms with E-state index in [0.717, 1.165) is 5.56 Å². The van der Waals surface area contributed by atoms with Gasteiger partial charge in [0.2, 0.25) is 0 Å². The molecule has 1 unspecified atom stereocenters. The van der Waals surface area contributed by atoms with Gasteiger partial charge in [-0.15, -0.1) is 0 Å². The molecule has 1 aromatic carbocycles. The van der Waals surface area contributed by atoms with Gasteiger partial charge in [0, 0.05) is 12.4 Å². The Morgan fingerprint density at radius 2 is 2.11 bits per heavy atom. The maximum atomic E-state index is 13.6. The fraction of sp³-hybridized carbons (Fsp3) is 0.231. The average molecular weight is 262 g/mol. The topological polar surface area (TPSA) is 73.1 Å². The molecule has 0 spiro atoms. The van der Waals surface area contributed by atoms with Gasteiger partial charge in [-0.2, -0.15) is 0 Å². The molecule has 5 nitrogen and oxygen atoms in total. The number of methoxy groups -OCH3 is 1. The number of nitrogens with two attached hydrogens (primary N) is 1. The first-order valence-corrected chi connectivity index (χ1v) is 5.80. The highest BCUT2D eigenvalue weighted by atomic mass is 19.1. The first kappa shape index (κ1) is 13.4. The van der Waals surface area contributed by atoms with Crippen LogP contribution in [0.5, 0.6) is 5.75 Å². The van der Waals surface area contributed by atoms with Crippen LogP contribution in [-0.4, -0.2) is 17.1 Å². The molecule has 0 aliphatic rings. The fourth-order valence-corrected chi connectivity index (χ4v) is 1.79. The van der Waals surface area contributed by atoms with Gasteiger partial charge in [0.05, 0.1) is 13.2 Å². The lowest BCUT2D eigenvalue weighted by molar-refractivity contribution is 0.386. The molecule has 1 aromatic heterocycles. The molecule has 19 heavy (non-hydrogen) atoms. The number of nitrogens with zero attached hydrogens (tertiary/aromatic N) is 2. The van der Waals surface area contributed by atoms with E-state index in [9.17, 15) is 4.39 Å². The van der Waals surface area contributed by atoms with Crippen molar-refractivity contribution in [3.8, 4) is 5.75 Å². The SMILES string of the molecule is COc1ccc(CC(NN)c2ncccn2)cc1F. The lowest BCUT2D eigenvalue weighted by Gasteiger charge is -2.14. The van der Waals surface area contributed by atoms with Gasteiger partial charge in [-0.1, -0.05) is 6.07 Å². The molecule has 1 atom stereocenters. The predicted octanol–water partition coefficient (Wildman–Crippen LogP) is 1.37. The number of aromatic nitrogens is 2. The number of halogens is 1. The van der Waals surface area contributed by atoms with Crippen molar-refractivity contribution in [2.24, 2.45) is 5.84 Å². The summed E-state index contributed by atoms with van der Waals surface area (Å²) in [4.78, 5) is 8.26. The van der Waals surface area contributed by atoms with Crippen LogP contribution in [0.15, 0.2) is 36.7 Å². The molecule has 0 bridgehead atoms. The van der Waals surface area contributed by atoms with E-state index >= 15 is 0 Å². The minimum atomic E-state index is -0.398. The molecule has 100 valence electrons. The van der Waals surface area contributed by atoms with Crippen LogP contribution in [0.2, 0.25) is 0 Å². The molecule has 6 heteroatoms. The Bertz CT molecular complexity index is 535. The molecular weight excluding hydrogens is 247 g/mol. The first-order valence-electron chi connectivity index (χ1n) is 5.80. The minimum absolute atomic E-state index is 0.219. The molecule has 2 rings (SSSR count). The zero-order valence-electron chi connectivity index (χ0n) is 10.5. The summed E-state index contributed by atoms with van der Waals surface area (Å²) >= 11 is 0. The number of benzene rings is 1. The first-order chi connectivity index (χ1) is 9.24. The molecule has 0 radical (unpaired) electrons. The molecule has 0 fully saturated rings. The van der Waals surface area contributed by atoms with E-state index in [1.165, 1.54) is 13.2 Å². The van der Waals surface area contributed by atoms with Crippen molar-refractivity contribution < 1.29 is 9.13 Å². The summed E-state index contributed by atoms with van der Waals surface area (Å²) in [5.74, 6) is 5.89. The number of hydrazine groups is 1. The summed E-state index contributed by atoms with van der Waals surface area (Å²) in [5.41, 5.74) is 3.42. The van der Waals surface area contributed by atoms with E-state index < -0.39 is 5.82 Å². The Hall–Kier alpha value is -2.05. The maximum absolute atomic E-state index is 13.6. The number of hydrogen-bond acceptors (Lipinski definition) is 5. The van der Waals surface area contributed by atoms with Crippen molar-refractivity contribution in [3.05, 3.63) is 53.9 Å². The summed E-state index contributed by atoms with van der Waals surface area (Å²) in [7, 11) is 1.43. The predicted molar refractivity (Wildman–Crippen MR) is 68.8 cm³/mol. The van der Waals surface area contributed by atoms with Crippen molar-refractivity contribution in [1.29, 1.82) is 0 Å². The standard InChI is InChI=1S/C13H15FN4O/c1-19-12-4-3-9(7-10(12)14)8-11(18-15)13-16-5-2-6-17-13/h2-7,11,18H,8,15H2,1H3. The Kier molecular flexibility index (Phi) is 4.38. The Labute approximate surface area is 110 Å². The monoisotopic (exact) mass is 262 g/mol. The van der Waals surface area contributed by atoms with Gasteiger partial charge in [-0.05, 0) is 30.2 Å². The number of ether oxygens (including phenoxy) is 1. The second kappa shape index (κ2) is 6.21. The third-order valence-corrected chi connectivity index (χ3v) is 2.75. The van der Waals surface area contributed by atoms with Crippen molar-refractivity contribution in [1.82, 2.24) is 15.4 Å². The van der Waals surface area contributed by atoms with Gasteiger partial charge in [0.1, 0.15) is 5.82 Å². The van der Waals surface area contributed by atoms with Crippen molar-refractivity contribution >= 4 is 0 Å². The van der Waals surface area contributed by atoms with Gasteiger partial charge in [0.15, 0.2) is 11.6 Å². The van der Waals surface area contributed by atoms with Gasteiger partial charge in [-0.25, -0.2) is 19.8 Å². The molecular formula is C13H15FN4O. The second-order valence-electron chi connectivity index (χ2n) is 4.00. The summed E-state index contributed by atoms with van der Waals surface area (Å²) in [6.07, 6.45) is 3.77. The maximum Gasteiger partial charge on any atom is 0.165 e. The van der Waals surface area contributed by atoms with Crippen molar-refractivity contribution in [2.75, 3.05) is 7.11 Å². The fourth-order valence-electron chi connectivity index (χ4n) is 1.79. The quantitative estimate of drug-likeness (QED) is 0.629. The smallest absolute Gasteiger partial charge is 0.165 e. The van der Waals surface area contributed by atoms with E-state index in [-0.39, 0.29) is 11.8 Å². The molecule has 3 N–H and O–H groups in total. The van der Waals surface area contributed by atoms with Crippen LogP contribution in [0, 0.1) is 5.82 Å². The van der Waals surface area contributed by atoms with E-state index in [4.69, 9.17) is 10.6 Å². The van der Waals surface area contributed by atoms with Crippen molar-refractivity contribution in [2.45, 2.75) is 12.5 Å². The van der Waals surface area contributed by atoms with E-state index in [2.05, 4.69) is 15.4 Å². The van der Waals surface area contributed by atoms with Crippen LogP contribution in [-0.2, 0) is 6.42 Å². The van der Waals surface area contributed by atoms with E-state index in [1.54, 1.807) is 30.6 Å². The van der Waals surface area contributed by atoms with Gasteiger partial charge in [-0.3, -0.25) is 5.84 Å². The van der Waals surface area contributed by atoms with E-state index in [1.807, 2.05) is 0 Å². The number of hydrogen-bond donors (Lipinski definition) is 2. The van der Waals surface area contributed by atoms with Crippen LogP contribution < -0.4 is 16.0 Å². The third-order valence-electron chi connectivity index (χ3n) is 2.75. The Morgan fingerprint density at radius 3 is 2.68 bits per heavy atom. The Morgan fingerprint density at radius 1 is 1.37 bits per heavy atom. The van der Waals surface area contributed by atoms with Gasteiger partial charge < -0.3 is 4.74 Å². The molecule has 1 heterocycles. The number of rotatable bonds is 5. The summed E-state index contributed by atoms with van der Waals surface area (Å²) in [5, 5.41) is 0. The highest BCUT2D eigenvalue weighted by molar-refractivity contribution is 5.30. The zero-order valence-corrected chi connectivity index (χ0v) is 10.5. The van der Waals surface area contributed by atoms with E-state index in [0.29, 0.717) is 12.2 Å². The zero-order chi connectivity index (χ0) is 13.7. The summed E-state index contributed by atoms with van der Waals surface area (Å²) < 4.78 is 18.5. The largest absolute Gasteiger partial charge is 0.494 e. The highest BCUT2D eigenvalue weighted by Crippen LogP contribution is 2.21. The van der Waals surface area contributed by atoms with Crippen LogP contribution >= 0.6 is 0 Å². The number of nitrogens with one attached hydrogen (secondary N) is 1. The molecule has 2 aromatic rings. The molecule has 0 saturated heterocycles. The van der Waals surface area contributed by atoms with Crippen LogP contribution in [0.25, 0.3) is 0 Å². The second-order valence-corrected chi connectivity index (χ2v) is 4.00. The average Bonchev–Trinajstić information content (AvgIpc) is 2.46. The van der Waals surface area contributed by atoms with Crippen LogP contribution in [0.1, 0.15) is 17.4 Å². The lowest BCUT2D eigenvalue weighted by Crippen LogP contribution is -2.31. The molecule has 0 aliphatic heterocycles. The summed E-state index contributed by atoms with van der Waals surface area (Å²) in [6, 6.07) is 6.25. The van der Waals surface area contributed by atoms with Crippen LogP contribution in [0.4, 0.5) is 4.39 Å². The van der Waals surface area contributed by atoms with Gasteiger partial charge >= 0.3 is 0 Å². The highest BCUT2D eigenvalue weighted by Gasteiger charge is 2.14. The third kappa shape index (κ3) is 3.24. The Balaban J connectivity index is 2.17. The summed E-state index contributed by atoms with van der Waals surface area (Å²) in [6.45, 7) is 0. The lowest BCUT2D eigenvalue weighted by atomic mass is 10.1.